The van der Waals surface area contributed by atoms with Crippen LogP contribution >= 0.6 is 0 Å². The summed E-state index contributed by atoms with van der Waals surface area (Å²) in [5.41, 5.74) is -6.28. The van der Waals surface area contributed by atoms with Crippen LogP contribution in [0.25, 0.3) is 0 Å². The molecule has 19 heteroatoms. The van der Waals surface area contributed by atoms with Gasteiger partial charge >= 0.3 is 20.8 Å². The maximum absolute atomic E-state index is 12.6. The van der Waals surface area contributed by atoms with Crippen molar-refractivity contribution < 1.29 is 56.1 Å². The van der Waals surface area contributed by atoms with Crippen LogP contribution in [0.2, 0.25) is 0 Å². The van der Waals surface area contributed by atoms with Crippen LogP contribution in [0.4, 0.5) is 5.69 Å². The third kappa shape index (κ3) is 6.12. The highest BCUT2D eigenvalue weighted by molar-refractivity contribution is 7.95. The quantitative estimate of drug-likeness (QED) is 0.247. The normalized spacial score (nSPS) is 15.6. The van der Waals surface area contributed by atoms with Crippen LogP contribution in [-0.4, -0.2) is 58.6 Å². The second-order valence-electron chi connectivity index (χ2n) is 5.13. The molecule has 0 spiro atoms. The van der Waals surface area contributed by atoms with Crippen molar-refractivity contribution >= 4 is 46.2 Å². The molecule has 1 aromatic carbocycles. The summed E-state index contributed by atoms with van der Waals surface area (Å²) in [5.74, 6) is 0. The number of rotatable bonds is 9. The van der Waals surface area contributed by atoms with E-state index in [2.05, 4.69) is 8.37 Å². The van der Waals surface area contributed by atoms with Gasteiger partial charge in [-0.15, -0.1) is 0 Å². The summed E-state index contributed by atoms with van der Waals surface area (Å²) in [7, 11) is -21.1. The smallest absolute Gasteiger partial charge is 0.263 e. The summed E-state index contributed by atoms with van der Waals surface area (Å²) in [5, 5.41) is 11.2. The van der Waals surface area contributed by atoms with Crippen LogP contribution in [-0.2, 0) is 48.8 Å². The Bertz CT molecular complexity index is 1230. The Labute approximate surface area is 165 Å². The highest BCUT2D eigenvalue weighted by Gasteiger charge is 2.42. The van der Waals surface area contributed by atoms with Crippen LogP contribution in [0.1, 0.15) is 13.8 Å². The first-order valence-electron chi connectivity index (χ1n) is 6.87. The number of sulfone groups is 2. The average molecular weight is 499 g/mol. The highest BCUT2D eigenvalue weighted by Crippen LogP contribution is 2.35. The molecule has 0 fully saturated rings. The van der Waals surface area contributed by atoms with Gasteiger partial charge in [-0.2, -0.15) is 16.8 Å². The van der Waals surface area contributed by atoms with Crippen LogP contribution in [0.3, 0.4) is 0 Å². The zero-order chi connectivity index (χ0) is 23.0. The number of nitro benzene ring substituents is 1. The SMILES string of the molecule is CC(OS(=O)(=O)O)S(=O)(=O)c1cccc([N+](=O)[O-])c1S(=O)(=O)C(C)OS(=O)(=O)O. The molecule has 2 N–H and O–H groups in total. The van der Waals surface area contributed by atoms with Gasteiger partial charge in [0.2, 0.25) is 19.7 Å². The largest absolute Gasteiger partial charge is 0.398 e. The topological polar surface area (TPSA) is 239 Å². The number of nitro groups is 1. The Balaban J connectivity index is 3.86. The van der Waals surface area contributed by atoms with E-state index in [-0.39, 0.29) is 0 Å². The third-order valence-corrected chi connectivity index (χ3v) is 8.46. The number of nitrogens with zero attached hydrogens (tertiary/aromatic N) is 1. The van der Waals surface area contributed by atoms with Crippen molar-refractivity contribution in [2.75, 3.05) is 0 Å². The molecule has 1 rings (SSSR count). The number of hydrogen-bond donors (Lipinski definition) is 2. The molecular weight excluding hydrogens is 486 g/mol. The van der Waals surface area contributed by atoms with Crippen molar-refractivity contribution in [3.63, 3.8) is 0 Å². The maximum Gasteiger partial charge on any atom is 0.398 e. The fraction of sp³-hybridized carbons (Fsp3) is 0.400. The summed E-state index contributed by atoms with van der Waals surface area (Å²) >= 11 is 0. The van der Waals surface area contributed by atoms with Crippen molar-refractivity contribution in [3.8, 4) is 0 Å². The molecule has 0 radical (unpaired) electrons. The molecule has 0 aliphatic carbocycles. The van der Waals surface area contributed by atoms with Crippen molar-refractivity contribution in [3.05, 3.63) is 28.3 Å². The van der Waals surface area contributed by atoms with Gasteiger partial charge in [0.15, 0.2) is 15.8 Å². The summed E-state index contributed by atoms with van der Waals surface area (Å²) in [4.78, 5) is 7.03. The van der Waals surface area contributed by atoms with Crippen LogP contribution in [0.5, 0.6) is 0 Å². The van der Waals surface area contributed by atoms with Gasteiger partial charge in [0.05, 0.1) is 9.82 Å². The van der Waals surface area contributed by atoms with E-state index >= 15 is 0 Å². The minimum absolute atomic E-state index is 0.536. The lowest BCUT2D eigenvalue weighted by Gasteiger charge is -2.17. The van der Waals surface area contributed by atoms with Gasteiger partial charge in [0.1, 0.15) is 0 Å². The van der Waals surface area contributed by atoms with E-state index in [0.717, 1.165) is 6.07 Å². The lowest BCUT2D eigenvalue weighted by molar-refractivity contribution is -0.388. The van der Waals surface area contributed by atoms with E-state index < -0.39 is 71.7 Å². The first-order valence-corrected chi connectivity index (χ1v) is 12.7. The standard InChI is InChI=1S/C10H13NO14S4/c1-6(24-28(18,19)20)26(14,15)9-5-3-4-8(11(12)13)10(9)27(16,17)7(2)25-29(21,22)23/h3-7H,1-2H3,(H,18,19,20)(H,21,22,23). The van der Waals surface area contributed by atoms with E-state index in [9.17, 15) is 43.8 Å². The summed E-state index contributed by atoms with van der Waals surface area (Å²) in [6, 6.07) is 1.86. The van der Waals surface area contributed by atoms with E-state index in [1.165, 1.54) is 0 Å². The number of hydrogen-bond acceptors (Lipinski definition) is 12. The van der Waals surface area contributed by atoms with Gasteiger partial charge in [-0.3, -0.25) is 19.2 Å². The van der Waals surface area contributed by atoms with Crippen molar-refractivity contribution in [2.24, 2.45) is 0 Å². The Morgan fingerprint density at radius 2 is 1.28 bits per heavy atom. The van der Waals surface area contributed by atoms with Gasteiger partial charge < -0.3 is 0 Å². The summed E-state index contributed by atoms with van der Waals surface area (Å²) in [6.07, 6.45) is 0. The van der Waals surface area contributed by atoms with E-state index in [1.54, 1.807) is 0 Å². The summed E-state index contributed by atoms with van der Waals surface area (Å²) in [6.45, 7) is 1.12. The molecule has 29 heavy (non-hydrogen) atoms. The van der Waals surface area contributed by atoms with Crippen LogP contribution < -0.4 is 0 Å². The maximum atomic E-state index is 12.6. The molecular formula is C10H13NO14S4. The van der Waals surface area contributed by atoms with Gasteiger partial charge in [-0.25, -0.2) is 25.2 Å². The van der Waals surface area contributed by atoms with Gasteiger partial charge in [0.25, 0.3) is 5.69 Å². The molecule has 0 aliphatic heterocycles. The molecule has 0 amide bonds. The van der Waals surface area contributed by atoms with E-state index in [1.807, 2.05) is 0 Å². The highest BCUT2D eigenvalue weighted by atomic mass is 32.3. The monoisotopic (exact) mass is 499 g/mol. The Hall–Kier alpha value is -1.74. The first kappa shape index (κ1) is 25.3. The number of benzene rings is 1. The Morgan fingerprint density at radius 3 is 1.66 bits per heavy atom. The summed E-state index contributed by atoms with van der Waals surface area (Å²) < 4.78 is 119. The van der Waals surface area contributed by atoms with Crippen molar-refractivity contribution in [2.45, 2.75) is 34.5 Å². The second-order valence-corrected chi connectivity index (χ2v) is 11.6. The molecule has 15 nitrogen and oxygen atoms in total. The second kappa shape index (κ2) is 8.18. The first-order chi connectivity index (χ1) is 12.8. The molecule has 0 heterocycles. The molecule has 2 atom stereocenters. The predicted octanol–water partition coefficient (Wildman–Crippen LogP) is -0.527. The van der Waals surface area contributed by atoms with Crippen molar-refractivity contribution in [1.29, 1.82) is 0 Å². The molecule has 0 aliphatic rings. The lowest BCUT2D eigenvalue weighted by Crippen LogP contribution is -2.29. The molecule has 0 aromatic heterocycles. The van der Waals surface area contributed by atoms with Crippen LogP contribution in [0, 0.1) is 10.1 Å². The Kier molecular flexibility index (Phi) is 7.14. The van der Waals surface area contributed by atoms with E-state index in [0.29, 0.717) is 26.0 Å². The molecule has 166 valence electrons. The molecule has 2 unspecified atom stereocenters. The Morgan fingerprint density at radius 1 is 0.862 bits per heavy atom. The molecule has 0 saturated heterocycles. The van der Waals surface area contributed by atoms with Crippen molar-refractivity contribution in [1.82, 2.24) is 0 Å². The van der Waals surface area contributed by atoms with Gasteiger partial charge in [-0.05, 0) is 19.9 Å². The van der Waals surface area contributed by atoms with Gasteiger partial charge in [0, 0.05) is 6.07 Å². The predicted molar refractivity (Wildman–Crippen MR) is 91.7 cm³/mol. The zero-order valence-corrected chi connectivity index (χ0v) is 17.5. The average Bonchev–Trinajstić information content (AvgIpc) is 2.50. The molecule has 1 aromatic rings. The molecule has 0 saturated carbocycles. The van der Waals surface area contributed by atoms with E-state index in [4.69, 9.17) is 9.11 Å². The minimum atomic E-state index is -5.37. The lowest BCUT2D eigenvalue weighted by atomic mass is 10.3. The zero-order valence-electron chi connectivity index (χ0n) is 14.3. The van der Waals surface area contributed by atoms with Gasteiger partial charge in [-0.1, -0.05) is 6.07 Å². The fourth-order valence-electron chi connectivity index (χ4n) is 1.95. The molecule has 0 bridgehead atoms. The van der Waals surface area contributed by atoms with Crippen LogP contribution in [0.15, 0.2) is 28.0 Å². The fourth-order valence-corrected chi connectivity index (χ4v) is 6.86. The minimum Gasteiger partial charge on any atom is -0.263 e. The third-order valence-electron chi connectivity index (χ3n) is 3.13.